The first kappa shape index (κ1) is 14.7. The first-order valence-corrected chi connectivity index (χ1v) is 7.01. The Morgan fingerprint density at radius 1 is 1.45 bits per heavy atom. The van der Waals surface area contributed by atoms with E-state index in [4.69, 9.17) is 0 Å². The minimum Gasteiger partial charge on any atom is -0.307 e. The van der Waals surface area contributed by atoms with E-state index in [1.165, 1.54) is 11.0 Å². The summed E-state index contributed by atoms with van der Waals surface area (Å²) in [7, 11) is 1.55. The van der Waals surface area contributed by atoms with Gasteiger partial charge in [0.05, 0.1) is 11.4 Å². The van der Waals surface area contributed by atoms with Gasteiger partial charge in [0.25, 0.3) is 5.91 Å². The molecule has 0 saturated heterocycles. The summed E-state index contributed by atoms with van der Waals surface area (Å²) in [6.45, 7) is 4.32. The molecule has 0 bridgehead atoms. The quantitative estimate of drug-likeness (QED) is 0.859. The van der Waals surface area contributed by atoms with Gasteiger partial charge in [-0.05, 0) is 38.1 Å². The molecule has 0 fully saturated rings. The number of carbonyl (C=O) groups excluding carboxylic acids is 1. The van der Waals surface area contributed by atoms with Crippen LogP contribution in [0.1, 0.15) is 23.1 Å². The van der Waals surface area contributed by atoms with Crippen LogP contribution in [-0.4, -0.2) is 22.7 Å². The van der Waals surface area contributed by atoms with Crippen LogP contribution >= 0.6 is 15.9 Å². The number of hydrogen-bond acceptors (Lipinski definition) is 2. The second kappa shape index (κ2) is 5.75. The van der Waals surface area contributed by atoms with Crippen LogP contribution in [0, 0.1) is 12.7 Å². The fourth-order valence-corrected chi connectivity index (χ4v) is 2.33. The van der Waals surface area contributed by atoms with Crippen LogP contribution in [0.4, 0.5) is 10.1 Å². The summed E-state index contributed by atoms with van der Waals surface area (Å²) >= 11 is 3.20. The number of rotatable bonds is 3. The van der Waals surface area contributed by atoms with Crippen molar-refractivity contribution in [3.8, 4) is 0 Å². The molecule has 2 aromatic rings. The lowest BCUT2D eigenvalue weighted by Gasteiger charge is -2.18. The maximum absolute atomic E-state index is 13.9. The van der Waals surface area contributed by atoms with Crippen LogP contribution < -0.4 is 4.90 Å². The zero-order valence-electron chi connectivity index (χ0n) is 11.5. The highest BCUT2D eigenvalue weighted by molar-refractivity contribution is 9.10. The summed E-state index contributed by atoms with van der Waals surface area (Å²) in [5.41, 5.74) is 1.45. The van der Waals surface area contributed by atoms with Crippen molar-refractivity contribution in [2.24, 2.45) is 0 Å². The molecule has 0 aliphatic carbocycles. The molecule has 0 atom stereocenters. The van der Waals surface area contributed by atoms with Gasteiger partial charge in [0, 0.05) is 18.1 Å². The third-order valence-electron chi connectivity index (χ3n) is 3.00. The standard InChI is InChI=1S/C14H15BrFN3O/c1-4-19-13(7-9(2)17-19)14(20)18(3)12-6-5-10(15)8-11(12)16/h5-8H,4H2,1-3H3. The SMILES string of the molecule is CCn1nc(C)cc1C(=O)N(C)c1ccc(Br)cc1F. The molecule has 2 rings (SSSR count). The van der Waals surface area contributed by atoms with Crippen LogP contribution in [0.2, 0.25) is 0 Å². The van der Waals surface area contributed by atoms with Crippen molar-refractivity contribution in [1.82, 2.24) is 9.78 Å². The zero-order valence-corrected chi connectivity index (χ0v) is 13.1. The molecule has 0 radical (unpaired) electrons. The van der Waals surface area contributed by atoms with E-state index in [1.807, 2.05) is 13.8 Å². The predicted molar refractivity (Wildman–Crippen MR) is 79.5 cm³/mol. The number of anilines is 1. The predicted octanol–water partition coefficient (Wildman–Crippen LogP) is 3.39. The van der Waals surface area contributed by atoms with Gasteiger partial charge in [0.1, 0.15) is 11.5 Å². The molecule has 4 nitrogen and oxygen atoms in total. The topological polar surface area (TPSA) is 38.1 Å². The Kier molecular flexibility index (Phi) is 4.23. The first-order chi connectivity index (χ1) is 9.43. The molecule has 1 amide bonds. The molecule has 0 aliphatic heterocycles. The highest BCUT2D eigenvalue weighted by Crippen LogP contribution is 2.23. The van der Waals surface area contributed by atoms with Gasteiger partial charge < -0.3 is 4.90 Å². The van der Waals surface area contributed by atoms with Crippen LogP contribution in [0.25, 0.3) is 0 Å². The number of hydrogen-bond donors (Lipinski definition) is 0. The molecule has 0 saturated carbocycles. The van der Waals surface area contributed by atoms with E-state index in [0.717, 1.165) is 5.69 Å². The van der Waals surface area contributed by atoms with Crippen LogP contribution in [0.3, 0.4) is 0 Å². The van der Waals surface area contributed by atoms with E-state index in [1.54, 1.807) is 29.9 Å². The zero-order chi connectivity index (χ0) is 14.9. The van der Waals surface area contributed by atoms with Crippen molar-refractivity contribution in [2.45, 2.75) is 20.4 Å². The fourth-order valence-electron chi connectivity index (χ4n) is 1.99. The Bertz CT molecular complexity index is 654. The molecule has 20 heavy (non-hydrogen) atoms. The number of benzene rings is 1. The Balaban J connectivity index is 2.37. The number of halogens is 2. The van der Waals surface area contributed by atoms with Gasteiger partial charge in [-0.15, -0.1) is 0 Å². The van der Waals surface area contributed by atoms with Crippen LogP contribution in [0.5, 0.6) is 0 Å². The second-order valence-corrected chi connectivity index (χ2v) is 5.36. The summed E-state index contributed by atoms with van der Waals surface area (Å²) in [5, 5.41) is 4.23. The smallest absolute Gasteiger partial charge is 0.276 e. The average Bonchev–Trinajstić information content (AvgIpc) is 2.78. The summed E-state index contributed by atoms with van der Waals surface area (Å²) in [5.74, 6) is -0.733. The molecule has 6 heteroatoms. The highest BCUT2D eigenvalue weighted by Gasteiger charge is 2.20. The largest absolute Gasteiger partial charge is 0.307 e. The van der Waals surface area contributed by atoms with Gasteiger partial charge in [-0.2, -0.15) is 5.10 Å². The number of aromatic nitrogens is 2. The molecule has 0 N–H and O–H groups in total. The fraction of sp³-hybridized carbons (Fsp3) is 0.286. The lowest BCUT2D eigenvalue weighted by Crippen LogP contribution is -2.29. The Morgan fingerprint density at radius 3 is 2.75 bits per heavy atom. The number of aryl methyl sites for hydroxylation is 2. The van der Waals surface area contributed by atoms with Gasteiger partial charge in [-0.1, -0.05) is 15.9 Å². The molecule has 106 valence electrons. The summed E-state index contributed by atoms with van der Waals surface area (Å²) in [4.78, 5) is 13.8. The Hall–Kier alpha value is -1.69. The summed E-state index contributed by atoms with van der Waals surface area (Å²) in [6.07, 6.45) is 0. The van der Waals surface area contributed by atoms with E-state index in [9.17, 15) is 9.18 Å². The third kappa shape index (κ3) is 2.75. The lowest BCUT2D eigenvalue weighted by atomic mass is 10.2. The van der Waals surface area contributed by atoms with E-state index < -0.39 is 5.82 Å². The molecule has 0 spiro atoms. The summed E-state index contributed by atoms with van der Waals surface area (Å²) < 4.78 is 16.2. The molecule has 0 unspecified atom stereocenters. The van der Waals surface area contributed by atoms with E-state index in [-0.39, 0.29) is 11.6 Å². The van der Waals surface area contributed by atoms with Gasteiger partial charge >= 0.3 is 0 Å². The lowest BCUT2D eigenvalue weighted by molar-refractivity contribution is 0.0982. The first-order valence-electron chi connectivity index (χ1n) is 6.21. The third-order valence-corrected chi connectivity index (χ3v) is 3.49. The van der Waals surface area contributed by atoms with E-state index >= 15 is 0 Å². The van der Waals surface area contributed by atoms with Gasteiger partial charge in [-0.25, -0.2) is 4.39 Å². The van der Waals surface area contributed by atoms with E-state index in [0.29, 0.717) is 16.7 Å². The minimum absolute atomic E-state index is 0.236. The maximum atomic E-state index is 13.9. The molecular weight excluding hydrogens is 325 g/mol. The van der Waals surface area contributed by atoms with Gasteiger partial charge in [-0.3, -0.25) is 9.48 Å². The van der Waals surface area contributed by atoms with Gasteiger partial charge in [0.2, 0.25) is 0 Å². The van der Waals surface area contributed by atoms with Gasteiger partial charge in [0.15, 0.2) is 0 Å². The molecular formula is C14H15BrFN3O. The van der Waals surface area contributed by atoms with Crippen molar-refractivity contribution in [3.63, 3.8) is 0 Å². The van der Waals surface area contributed by atoms with Crippen molar-refractivity contribution in [3.05, 3.63) is 45.9 Å². The van der Waals surface area contributed by atoms with E-state index in [2.05, 4.69) is 21.0 Å². The Morgan fingerprint density at radius 2 is 2.15 bits per heavy atom. The van der Waals surface area contributed by atoms with Crippen molar-refractivity contribution < 1.29 is 9.18 Å². The number of carbonyl (C=O) groups is 1. The average molecular weight is 340 g/mol. The molecule has 0 aliphatic rings. The number of amides is 1. The van der Waals surface area contributed by atoms with Crippen molar-refractivity contribution in [1.29, 1.82) is 0 Å². The van der Waals surface area contributed by atoms with Crippen molar-refractivity contribution in [2.75, 3.05) is 11.9 Å². The van der Waals surface area contributed by atoms with Crippen molar-refractivity contribution >= 4 is 27.5 Å². The molecule has 1 heterocycles. The Labute approximate surface area is 125 Å². The maximum Gasteiger partial charge on any atom is 0.276 e. The summed E-state index contributed by atoms with van der Waals surface area (Å²) in [6, 6.07) is 6.31. The second-order valence-electron chi connectivity index (χ2n) is 4.45. The highest BCUT2D eigenvalue weighted by atomic mass is 79.9. The molecule has 1 aromatic heterocycles. The van der Waals surface area contributed by atoms with Crippen LogP contribution in [-0.2, 0) is 6.54 Å². The molecule has 1 aromatic carbocycles. The normalized spacial score (nSPS) is 10.7. The minimum atomic E-state index is -0.450. The monoisotopic (exact) mass is 339 g/mol. The van der Waals surface area contributed by atoms with Crippen LogP contribution in [0.15, 0.2) is 28.7 Å². The number of nitrogens with zero attached hydrogens (tertiary/aromatic N) is 3.